The highest BCUT2D eigenvalue weighted by molar-refractivity contribution is 8.13. The van der Waals surface area contributed by atoms with Crippen LogP contribution in [0, 0.1) is 12.3 Å². The van der Waals surface area contributed by atoms with E-state index >= 15 is 0 Å². The second kappa shape index (κ2) is 4.85. The Morgan fingerprint density at radius 2 is 2.00 bits per heavy atom. The summed E-state index contributed by atoms with van der Waals surface area (Å²) in [4.78, 5) is 11.5. The maximum atomic E-state index is 11.5. The van der Waals surface area contributed by atoms with Gasteiger partial charge in [0, 0.05) is 10.7 Å². The number of ether oxygens (including phenoxy) is 1. The van der Waals surface area contributed by atoms with Gasteiger partial charge >= 0.3 is 5.97 Å². The highest BCUT2D eigenvalue weighted by Gasteiger charge is 2.26. The summed E-state index contributed by atoms with van der Waals surface area (Å²) in [5, 5.41) is 6.87. The fourth-order valence-electron chi connectivity index (χ4n) is 1.11. The maximum Gasteiger partial charge on any atom is 0.313 e. The van der Waals surface area contributed by atoms with Crippen molar-refractivity contribution in [2.45, 2.75) is 39.5 Å². The molecule has 0 aliphatic carbocycles. The highest BCUT2D eigenvalue weighted by atomic mass is 35.7. The van der Waals surface area contributed by atoms with Crippen LogP contribution in [0.25, 0.3) is 0 Å². The third kappa shape index (κ3) is 3.42. The smallest absolute Gasteiger partial charge is 0.313 e. The largest absolute Gasteiger partial charge is 0.442 e. The molecule has 1 rings (SSSR count). The van der Waals surface area contributed by atoms with Gasteiger partial charge in [-0.05, 0) is 27.7 Å². The Kier molecular flexibility index (Phi) is 4.02. The van der Waals surface area contributed by atoms with Gasteiger partial charge in [-0.25, -0.2) is 8.42 Å². The molecule has 0 bridgehead atoms. The number of rotatable bonds is 3. The van der Waals surface area contributed by atoms with Crippen LogP contribution in [0.5, 0.6) is 0 Å². The van der Waals surface area contributed by atoms with Crippen molar-refractivity contribution >= 4 is 25.7 Å². The van der Waals surface area contributed by atoms with Crippen molar-refractivity contribution in [3.63, 3.8) is 0 Å². The molecule has 0 amide bonds. The molecule has 7 nitrogen and oxygen atoms in total. The predicted octanol–water partition coefficient (Wildman–Crippen LogP) is 1.06. The van der Waals surface area contributed by atoms with E-state index in [2.05, 4.69) is 10.3 Å². The van der Waals surface area contributed by atoms with Crippen molar-refractivity contribution in [3.05, 3.63) is 5.69 Å². The minimum absolute atomic E-state index is 0.150. The van der Waals surface area contributed by atoms with Gasteiger partial charge in [-0.3, -0.25) is 4.79 Å². The van der Waals surface area contributed by atoms with Gasteiger partial charge in [0.05, 0.1) is 5.41 Å². The Balaban J connectivity index is 2.92. The van der Waals surface area contributed by atoms with E-state index in [-0.39, 0.29) is 17.5 Å². The molecule has 1 aromatic heterocycles. The van der Waals surface area contributed by atoms with E-state index in [9.17, 15) is 13.2 Å². The zero-order chi connectivity index (χ0) is 14.1. The van der Waals surface area contributed by atoms with E-state index in [1.807, 2.05) is 0 Å². The molecule has 1 aromatic rings. The Labute approximate surface area is 109 Å². The molecule has 0 aromatic carbocycles. The van der Waals surface area contributed by atoms with Gasteiger partial charge in [0.1, 0.15) is 5.69 Å². The van der Waals surface area contributed by atoms with Crippen LogP contribution in [-0.2, 0) is 25.3 Å². The van der Waals surface area contributed by atoms with Crippen LogP contribution < -0.4 is 0 Å². The van der Waals surface area contributed by atoms with Gasteiger partial charge in [-0.1, -0.05) is 5.21 Å². The lowest BCUT2D eigenvalue weighted by molar-refractivity contribution is -0.157. The summed E-state index contributed by atoms with van der Waals surface area (Å²) in [6.07, 6.45) is 0. The number of nitrogens with zero attached hydrogens (tertiary/aromatic N) is 3. The molecule has 0 aliphatic rings. The number of carbonyl (C=O) groups excluding carboxylic acids is 1. The van der Waals surface area contributed by atoms with Gasteiger partial charge in [0.25, 0.3) is 9.05 Å². The normalized spacial score (nSPS) is 12.5. The number of hydrogen-bond donors (Lipinski definition) is 0. The second-order valence-corrected chi connectivity index (χ2v) is 7.21. The lowest BCUT2D eigenvalue weighted by Crippen LogP contribution is -2.25. The summed E-state index contributed by atoms with van der Waals surface area (Å²) >= 11 is 0. The standard InChI is InChI=1S/C9H14ClN3O4S/c1-6-7(18(10,15)16)13(12-11-6)5-17-8(14)9(2,3)4/h5H2,1-4H3. The van der Waals surface area contributed by atoms with Gasteiger partial charge in [0.15, 0.2) is 11.8 Å². The van der Waals surface area contributed by atoms with E-state index in [4.69, 9.17) is 15.4 Å². The van der Waals surface area contributed by atoms with Crippen LogP contribution in [0.3, 0.4) is 0 Å². The lowest BCUT2D eigenvalue weighted by Gasteiger charge is -2.16. The molecule has 9 heteroatoms. The molecule has 1 heterocycles. The quantitative estimate of drug-likeness (QED) is 0.612. The first-order valence-corrected chi connectivity index (χ1v) is 7.36. The third-order valence-electron chi connectivity index (χ3n) is 2.01. The molecule has 0 saturated carbocycles. The van der Waals surface area contributed by atoms with Gasteiger partial charge in [0.2, 0.25) is 0 Å². The maximum absolute atomic E-state index is 11.5. The first kappa shape index (κ1) is 14.9. The number of aromatic nitrogens is 3. The topological polar surface area (TPSA) is 91.2 Å². The zero-order valence-corrected chi connectivity index (χ0v) is 12.0. The first-order valence-electron chi connectivity index (χ1n) is 5.05. The molecule has 0 N–H and O–H groups in total. The average molecular weight is 296 g/mol. The minimum Gasteiger partial charge on any atom is -0.442 e. The van der Waals surface area contributed by atoms with Crippen LogP contribution in [0.15, 0.2) is 5.03 Å². The Bertz CT molecular complexity index is 559. The summed E-state index contributed by atoms with van der Waals surface area (Å²) in [6.45, 7) is 6.14. The number of carbonyl (C=O) groups is 1. The number of esters is 1. The SMILES string of the molecule is Cc1nnn(COC(=O)C(C)(C)C)c1S(=O)(=O)Cl. The Morgan fingerprint density at radius 3 is 2.44 bits per heavy atom. The summed E-state index contributed by atoms with van der Waals surface area (Å²) in [7, 11) is 1.26. The molecular formula is C9H14ClN3O4S. The van der Waals surface area contributed by atoms with Gasteiger partial charge in [-0.2, -0.15) is 4.68 Å². The van der Waals surface area contributed by atoms with Crippen LogP contribution >= 0.6 is 10.7 Å². The van der Waals surface area contributed by atoms with Crippen molar-refractivity contribution in [2.24, 2.45) is 5.41 Å². The van der Waals surface area contributed by atoms with E-state index in [1.54, 1.807) is 20.8 Å². The van der Waals surface area contributed by atoms with Gasteiger partial charge in [-0.15, -0.1) is 5.10 Å². The number of aryl methyl sites for hydroxylation is 1. The summed E-state index contributed by atoms with van der Waals surface area (Å²) in [5.41, 5.74) is -0.535. The molecule has 0 fully saturated rings. The minimum atomic E-state index is -3.99. The molecular weight excluding hydrogens is 282 g/mol. The van der Waals surface area contributed by atoms with Crippen molar-refractivity contribution < 1.29 is 17.9 Å². The fourth-order valence-corrected chi connectivity index (χ4v) is 2.42. The molecule has 0 unspecified atom stereocenters. The van der Waals surface area contributed by atoms with E-state index in [1.165, 1.54) is 6.92 Å². The molecule has 18 heavy (non-hydrogen) atoms. The fraction of sp³-hybridized carbons (Fsp3) is 0.667. The lowest BCUT2D eigenvalue weighted by atomic mass is 9.98. The molecule has 0 radical (unpaired) electrons. The van der Waals surface area contributed by atoms with Crippen molar-refractivity contribution in [1.29, 1.82) is 0 Å². The van der Waals surface area contributed by atoms with E-state index < -0.39 is 20.4 Å². The molecule has 0 atom stereocenters. The molecule has 0 aliphatic heterocycles. The summed E-state index contributed by atoms with van der Waals surface area (Å²) in [6, 6.07) is 0. The van der Waals surface area contributed by atoms with Gasteiger partial charge < -0.3 is 4.74 Å². The van der Waals surface area contributed by atoms with E-state index in [0.29, 0.717) is 0 Å². The highest BCUT2D eigenvalue weighted by Crippen LogP contribution is 2.19. The second-order valence-electron chi connectivity index (χ2n) is 4.73. The van der Waals surface area contributed by atoms with Crippen LogP contribution in [0.1, 0.15) is 26.5 Å². The zero-order valence-electron chi connectivity index (χ0n) is 10.5. The van der Waals surface area contributed by atoms with Crippen LogP contribution in [-0.4, -0.2) is 29.4 Å². The van der Waals surface area contributed by atoms with E-state index in [0.717, 1.165) is 4.68 Å². The predicted molar refractivity (Wildman–Crippen MR) is 63.3 cm³/mol. The molecule has 0 spiro atoms. The Morgan fingerprint density at radius 1 is 1.44 bits per heavy atom. The third-order valence-corrected chi connectivity index (χ3v) is 3.41. The molecule has 0 saturated heterocycles. The summed E-state index contributed by atoms with van der Waals surface area (Å²) < 4.78 is 28.5. The summed E-state index contributed by atoms with van der Waals surface area (Å²) in [5.74, 6) is -0.478. The molecule has 102 valence electrons. The van der Waals surface area contributed by atoms with Crippen molar-refractivity contribution in [3.8, 4) is 0 Å². The Hall–Kier alpha value is -1.15. The van der Waals surface area contributed by atoms with Crippen LogP contribution in [0.4, 0.5) is 0 Å². The van der Waals surface area contributed by atoms with Crippen molar-refractivity contribution in [2.75, 3.05) is 0 Å². The number of hydrogen-bond acceptors (Lipinski definition) is 6. The van der Waals surface area contributed by atoms with Crippen LogP contribution in [0.2, 0.25) is 0 Å². The van der Waals surface area contributed by atoms with Crippen molar-refractivity contribution in [1.82, 2.24) is 15.0 Å². The average Bonchev–Trinajstić information content (AvgIpc) is 2.53. The number of halogens is 1. The monoisotopic (exact) mass is 295 g/mol. The first-order chi connectivity index (χ1) is 8.03.